The molecule has 0 spiro atoms. The maximum absolute atomic E-state index is 12.2. The molecular formula is C19H34N2O2. The summed E-state index contributed by atoms with van der Waals surface area (Å²) in [5.41, 5.74) is 0. The number of nitrogens with one attached hydrogen (secondary N) is 2. The molecule has 2 fully saturated rings. The largest absolute Gasteiger partial charge is 0.354 e. The molecule has 2 rings (SSSR count). The van der Waals surface area contributed by atoms with Gasteiger partial charge in [-0.25, -0.2) is 0 Å². The molecule has 4 heteroatoms. The van der Waals surface area contributed by atoms with E-state index in [4.69, 9.17) is 0 Å². The van der Waals surface area contributed by atoms with E-state index in [1.54, 1.807) is 0 Å². The van der Waals surface area contributed by atoms with E-state index in [-0.39, 0.29) is 17.9 Å². The van der Waals surface area contributed by atoms with Crippen LogP contribution < -0.4 is 10.6 Å². The van der Waals surface area contributed by atoms with Crippen LogP contribution in [0.3, 0.4) is 0 Å². The minimum absolute atomic E-state index is 0.0847. The first kappa shape index (κ1) is 18.3. The van der Waals surface area contributed by atoms with Crippen molar-refractivity contribution in [3.8, 4) is 0 Å². The molecule has 0 saturated heterocycles. The third-order valence-electron chi connectivity index (χ3n) is 5.45. The van der Waals surface area contributed by atoms with Crippen LogP contribution in [0.4, 0.5) is 0 Å². The molecule has 0 radical (unpaired) electrons. The van der Waals surface area contributed by atoms with Gasteiger partial charge >= 0.3 is 0 Å². The highest BCUT2D eigenvalue weighted by atomic mass is 16.2. The van der Waals surface area contributed by atoms with Gasteiger partial charge in [0.05, 0.1) is 0 Å². The van der Waals surface area contributed by atoms with Gasteiger partial charge in [0.15, 0.2) is 0 Å². The Hall–Kier alpha value is -1.06. The van der Waals surface area contributed by atoms with E-state index in [0.29, 0.717) is 31.2 Å². The van der Waals surface area contributed by atoms with Gasteiger partial charge < -0.3 is 10.6 Å². The van der Waals surface area contributed by atoms with E-state index >= 15 is 0 Å². The van der Waals surface area contributed by atoms with Crippen LogP contribution in [0.15, 0.2) is 0 Å². The first-order valence-corrected chi connectivity index (χ1v) is 9.73. The smallest absolute Gasteiger partial charge is 0.220 e. The molecular weight excluding hydrogens is 288 g/mol. The topological polar surface area (TPSA) is 58.2 Å². The lowest BCUT2D eigenvalue weighted by Gasteiger charge is -2.20. The van der Waals surface area contributed by atoms with E-state index in [1.807, 2.05) is 0 Å². The van der Waals surface area contributed by atoms with Crippen LogP contribution in [0.25, 0.3) is 0 Å². The standard InChI is InChI=1S/C19H34N2O2/c1-2-7-17(21-19(23)13-16-10-5-6-11-16)14-20-18(22)12-15-8-3-4-9-15/h15-17H,2-14H2,1H3,(H,20,22)(H,21,23). The van der Waals surface area contributed by atoms with Crippen molar-refractivity contribution in [2.45, 2.75) is 90.0 Å². The fraction of sp³-hybridized carbons (Fsp3) is 0.895. The fourth-order valence-electron chi connectivity index (χ4n) is 4.12. The molecule has 2 amide bonds. The van der Waals surface area contributed by atoms with Crippen LogP contribution in [0.1, 0.15) is 84.0 Å². The van der Waals surface area contributed by atoms with Gasteiger partial charge in [0, 0.05) is 25.4 Å². The molecule has 1 unspecified atom stereocenters. The minimum atomic E-state index is 0.0847. The first-order chi connectivity index (χ1) is 11.2. The van der Waals surface area contributed by atoms with Crippen molar-refractivity contribution in [2.24, 2.45) is 11.8 Å². The second kappa shape index (κ2) is 9.94. The van der Waals surface area contributed by atoms with Gasteiger partial charge in [-0.2, -0.15) is 0 Å². The highest BCUT2D eigenvalue weighted by molar-refractivity contribution is 5.77. The zero-order chi connectivity index (χ0) is 16.5. The Balaban J connectivity index is 1.67. The third-order valence-corrected chi connectivity index (χ3v) is 5.45. The zero-order valence-electron chi connectivity index (χ0n) is 14.7. The SMILES string of the molecule is CCCC(CNC(=O)CC1CCCC1)NC(=O)CC1CCCC1. The molecule has 2 aliphatic rings. The average molecular weight is 322 g/mol. The molecule has 0 aliphatic heterocycles. The highest BCUT2D eigenvalue weighted by Gasteiger charge is 2.21. The monoisotopic (exact) mass is 322 g/mol. The molecule has 2 saturated carbocycles. The van der Waals surface area contributed by atoms with Crippen LogP contribution >= 0.6 is 0 Å². The number of carbonyl (C=O) groups is 2. The Morgan fingerprint density at radius 3 is 1.96 bits per heavy atom. The van der Waals surface area contributed by atoms with Crippen molar-refractivity contribution in [2.75, 3.05) is 6.54 Å². The van der Waals surface area contributed by atoms with Crippen LogP contribution in [0, 0.1) is 11.8 Å². The van der Waals surface area contributed by atoms with Crippen LogP contribution in [-0.2, 0) is 9.59 Å². The van der Waals surface area contributed by atoms with Crippen molar-refractivity contribution < 1.29 is 9.59 Å². The maximum atomic E-state index is 12.2. The van der Waals surface area contributed by atoms with Gasteiger partial charge in [-0.3, -0.25) is 9.59 Å². The average Bonchev–Trinajstić information content (AvgIpc) is 3.19. The number of hydrogen-bond donors (Lipinski definition) is 2. The summed E-state index contributed by atoms with van der Waals surface area (Å²) in [5, 5.41) is 6.18. The molecule has 23 heavy (non-hydrogen) atoms. The summed E-state index contributed by atoms with van der Waals surface area (Å²) in [5.74, 6) is 1.48. The molecule has 0 aromatic carbocycles. The number of rotatable bonds is 9. The summed E-state index contributed by atoms with van der Waals surface area (Å²) in [7, 11) is 0. The molecule has 0 heterocycles. The Morgan fingerprint density at radius 2 is 1.43 bits per heavy atom. The van der Waals surface area contributed by atoms with E-state index in [1.165, 1.54) is 51.4 Å². The van der Waals surface area contributed by atoms with E-state index in [2.05, 4.69) is 17.6 Å². The van der Waals surface area contributed by atoms with E-state index in [0.717, 1.165) is 12.8 Å². The maximum Gasteiger partial charge on any atom is 0.220 e. The Morgan fingerprint density at radius 1 is 0.913 bits per heavy atom. The van der Waals surface area contributed by atoms with Crippen molar-refractivity contribution in [3.05, 3.63) is 0 Å². The molecule has 132 valence electrons. The van der Waals surface area contributed by atoms with Crippen molar-refractivity contribution in [1.29, 1.82) is 0 Å². The van der Waals surface area contributed by atoms with Gasteiger partial charge in [-0.1, -0.05) is 39.0 Å². The van der Waals surface area contributed by atoms with Crippen LogP contribution in [0.5, 0.6) is 0 Å². The summed E-state index contributed by atoms with van der Waals surface area (Å²) < 4.78 is 0. The van der Waals surface area contributed by atoms with E-state index in [9.17, 15) is 9.59 Å². The normalized spacial score (nSPS) is 20.6. The molecule has 0 bridgehead atoms. The Kier molecular flexibility index (Phi) is 7.90. The second-order valence-electron chi connectivity index (χ2n) is 7.57. The Bertz CT molecular complexity index is 372. The summed E-state index contributed by atoms with van der Waals surface area (Å²) in [6.45, 7) is 2.70. The van der Waals surface area contributed by atoms with Gasteiger partial charge in [0.2, 0.25) is 11.8 Å². The van der Waals surface area contributed by atoms with Crippen molar-refractivity contribution in [1.82, 2.24) is 10.6 Å². The van der Waals surface area contributed by atoms with Crippen molar-refractivity contribution in [3.63, 3.8) is 0 Å². The third kappa shape index (κ3) is 6.92. The second-order valence-corrected chi connectivity index (χ2v) is 7.57. The molecule has 2 aliphatic carbocycles. The quantitative estimate of drug-likeness (QED) is 0.682. The summed E-state index contributed by atoms with van der Waals surface area (Å²) in [4.78, 5) is 24.2. The Labute approximate surface area is 141 Å². The predicted octanol–water partition coefficient (Wildman–Crippen LogP) is 3.55. The first-order valence-electron chi connectivity index (χ1n) is 9.73. The zero-order valence-corrected chi connectivity index (χ0v) is 14.7. The lowest BCUT2D eigenvalue weighted by atomic mass is 10.0. The van der Waals surface area contributed by atoms with Gasteiger partial charge in [0.1, 0.15) is 0 Å². The summed E-state index contributed by atoms with van der Waals surface area (Å²) in [6, 6.07) is 0.0847. The highest BCUT2D eigenvalue weighted by Crippen LogP contribution is 2.28. The summed E-state index contributed by atoms with van der Waals surface area (Å²) >= 11 is 0. The molecule has 1 atom stereocenters. The van der Waals surface area contributed by atoms with Crippen LogP contribution in [-0.4, -0.2) is 24.4 Å². The predicted molar refractivity (Wildman–Crippen MR) is 93.0 cm³/mol. The van der Waals surface area contributed by atoms with Gasteiger partial charge in [-0.05, 0) is 43.9 Å². The number of carbonyl (C=O) groups excluding carboxylic acids is 2. The van der Waals surface area contributed by atoms with Gasteiger partial charge in [-0.15, -0.1) is 0 Å². The van der Waals surface area contributed by atoms with Gasteiger partial charge in [0.25, 0.3) is 0 Å². The lowest BCUT2D eigenvalue weighted by molar-refractivity contribution is -0.124. The molecule has 2 N–H and O–H groups in total. The summed E-state index contributed by atoms with van der Waals surface area (Å²) in [6.07, 6.45) is 13.2. The molecule has 0 aromatic rings. The van der Waals surface area contributed by atoms with Crippen LogP contribution in [0.2, 0.25) is 0 Å². The fourth-order valence-corrected chi connectivity index (χ4v) is 4.12. The van der Waals surface area contributed by atoms with E-state index < -0.39 is 0 Å². The number of amides is 2. The lowest BCUT2D eigenvalue weighted by Crippen LogP contribution is -2.44. The van der Waals surface area contributed by atoms with Crippen molar-refractivity contribution >= 4 is 11.8 Å². The molecule has 4 nitrogen and oxygen atoms in total. The minimum Gasteiger partial charge on any atom is -0.354 e. The number of hydrogen-bond acceptors (Lipinski definition) is 2. The molecule has 0 aromatic heterocycles.